The van der Waals surface area contributed by atoms with Gasteiger partial charge in [-0.05, 0) is 49.0 Å². The Morgan fingerprint density at radius 2 is 1.84 bits per heavy atom. The van der Waals surface area contributed by atoms with Crippen molar-refractivity contribution in [1.82, 2.24) is 0 Å². The second-order valence-corrected chi connectivity index (χ2v) is 7.01. The largest absolute Gasteiger partial charge is 0.481 e. The van der Waals surface area contributed by atoms with Crippen LogP contribution >= 0.6 is 11.8 Å². The first-order valence-electron chi connectivity index (χ1n) is 7.67. The van der Waals surface area contributed by atoms with Crippen LogP contribution in [-0.2, 0) is 9.53 Å². The van der Waals surface area contributed by atoms with Crippen LogP contribution in [0, 0.1) is 11.8 Å². The molecule has 0 aromatic carbocycles. The van der Waals surface area contributed by atoms with Gasteiger partial charge >= 0.3 is 5.97 Å². The molecule has 1 heterocycles. The Kier molecular flexibility index (Phi) is 6.51. The molecule has 0 aromatic heterocycles. The molecule has 2 atom stereocenters. The third kappa shape index (κ3) is 6.17. The van der Waals surface area contributed by atoms with Crippen molar-refractivity contribution in [3.8, 4) is 0 Å². The molecule has 1 aliphatic carbocycles. The minimum absolute atomic E-state index is 0.330. The van der Waals surface area contributed by atoms with Gasteiger partial charge in [0.05, 0.1) is 12.7 Å². The molecule has 2 unspecified atom stereocenters. The minimum atomic E-state index is -0.663. The molecule has 1 saturated carbocycles. The van der Waals surface area contributed by atoms with E-state index in [2.05, 4.69) is 11.8 Å². The summed E-state index contributed by atoms with van der Waals surface area (Å²) in [4.78, 5) is 10.4. The molecule has 2 rings (SSSR count). The highest BCUT2D eigenvalue weighted by Crippen LogP contribution is 2.35. The van der Waals surface area contributed by atoms with E-state index in [1.807, 2.05) is 0 Å². The van der Waals surface area contributed by atoms with E-state index in [9.17, 15) is 4.79 Å². The van der Waals surface area contributed by atoms with Crippen molar-refractivity contribution in [2.45, 2.75) is 57.5 Å². The zero-order chi connectivity index (χ0) is 13.5. The molecule has 19 heavy (non-hydrogen) atoms. The van der Waals surface area contributed by atoms with Crippen LogP contribution in [0.15, 0.2) is 0 Å². The van der Waals surface area contributed by atoms with Crippen LogP contribution in [0.1, 0.15) is 51.4 Å². The second kappa shape index (κ2) is 8.15. The number of rotatable bonds is 10. The molecule has 3 nitrogen and oxygen atoms in total. The fourth-order valence-electron chi connectivity index (χ4n) is 2.68. The molecular formula is C15H26O3S. The molecule has 0 spiro atoms. The van der Waals surface area contributed by atoms with E-state index in [0.29, 0.717) is 12.5 Å². The molecule has 1 aliphatic heterocycles. The Morgan fingerprint density at radius 1 is 1.11 bits per heavy atom. The van der Waals surface area contributed by atoms with Crippen LogP contribution in [0.2, 0.25) is 0 Å². The number of aliphatic carboxylic acids is 1. The number of carbonyl (C=O) groups is 1. The molecule has 0 radical (unpaired) electrons. The second-order valence-electron chi connectivity index (χ2n) is 5.94. The van der Waals surface area contributed by atoms with E-state index in [0.717, 1.165) is 31.3 Å². The predicted molar refractivity (Wildman–Crippen MR) is 78.6 cm³/mol. The highest BCUT2D eigenvalue weighted by Gasteiger charge is 2.30. The van der Waals surface area contributed by atoms with E-state index in [4.69, 9.17) is 9.84 Å². The number of thioether (sulfide) groups is 1. The summed E-state index contributed by atoms with van der Waals surface area (Å²) < 4.78 is 5.86. The number of unbranched alkanes of at least 4 members (excludes halogenated alkanes) is 3. The highest BCUT2D eigenvalue weighted by molar-refractivity contribution is 7.99. The van der Waals surface area contributed by atoms with Gasteiger partial charge in [0.15, 0.2) is 0 Å². The number of carboxylic acids is 1. The molecule has 4 heteroatoms. The Labute approximate surface area is 120 Å². The summed E-state index contributed by atoms with van der Waals surface area (Å²) in [5.74, 6) is 3.52. The SMILES string of the molecule is O=C(O)CCCCCCC1CSCC1COC1CC1. The van der Waals surface area contributed by atoms with Crippen molar-refractivity contribution in [2.24, 2.45) is 11.8 Å². The molecule has 110 valence electrons. The summed E-state index contributed by atoms with van der Waals surface area (Å²) in [6, 6.07) is 0. The summed E-state index contributed by atoms with van der Waals surface area (Å²) >= 11 is 2.08. The van der Waals surface area contributed by atoms with Crippen LogP contribution in [0.5, 0.6) is 0 Å². The summed E-state index contributed by atoms with van der Waals surface area (Å²) in [6.07, 6.45) is 9.11. The summed E-state index contributed by atoms with van der Waals surface area (Å²) in [6.45, 7) is 0.974. The maximum atomic E-state index is 10.4. The quantitative estimate of drug-likeness (QED) is 0.624. The number of ether oxygens (including phenoxy) is 1. The van der Waals surface area contributed by atoms with Gasteiger partial charge in [-0.15, -0.1) is 0 Å². The normalized spacial score (nSPS) is 26.7. The lowest BCUT2D eigenvalue weighted by Crippen LogP contribution is -2.19. The lowest BCUT2D eigenvalue weighted by atomic mass is 9.91. The lowest BCUT2D eigenvalue weighted by Gasteiger charge is -2.18. The maximum absolute atomic E-state index is 10.4. The summed E-state index contributed by atoms with van der Waals surface area (Å²) in [5.41, 5.74) is 0. The topological polar surface area (TPSA) is 46.5 Å². The highest BCUT2D eigenvalue weighted by atomic mass is 32.2. The Morgan fingerprint density at radius 3 is 2.58 bits per heavy atom. The smallest absolute Gasteiger partial charge is 0.303 e. The Hall–Kier alpha value is -0.220. The van der Waals surface area contributed by atoms with Crippen LogP contribution in [0.4, 0.5) is 0 Å². The van der Waals surface area contributed by atoms with Gasteiger partial charge in [0.25, 0.3) is 0 Å². The summed E-state index contributed by atoms with van der Waals surface area (Å²) in [7, 11) is 0. The standard InChI is InChI=1S/C15H26O3S/c16-15(17)6-4-2-1-3-5-12-10-19-11-13(12)9-18-14-7-8-14/h12-14H,1-11H2,(H,16,17). The summed E-state index contributed by atoms with van der Waals surface area (Å²) in [5, 5.41) is 8.57. The molecule has 2 fully saturated rings. The van der Waals surface area contributed by atoms with Crippen molar-refractivity contribution in [3.63, 3.8) is 0 Å². The van der Waals surface area contributed by atoms with Gasteiger partial charge in [-0.1, -0.05) is 19.3 Å². The average Bonchev–Trinajstić information content (AvgIpc) is 3.10. The molecule has 0 bridgehead atoms. The zero-order valence-electron chi connectivity index (χ0n) is 11.7. The van der Waals surface area contributed by atoms with E-state index in [-0.39, 0.29) is 0 Å². The van der Waals surface area contributed by atoms with Gasteiger partial charge < -0.3 is 9.84 Å². The minimum Gasteiger partial charge on any atom is -0.481 e. The molecular weight excluding hydrogens is 260 g/mol. The number of hydrogen-bond donors (Lipinski definition) is 1. The van der Waals surface area contributed by atoms with Crippen molar-refractivity contribution in [1.29, 1.82) is 0 Å². The fraction of sp³-hybridized carbons (Fsp3) is 0.933. The van der Waals surface area contributed by atoms with Gasteiger partial charge in [0, 0.05) is 6.42 Å². The first-order chi connectivity index (χ1) is 9.25. The predicted octanol–water partition coefficient (Wildman–Crippen LogP) is 3.57. The van der Waals surface area contributed by atoms with Gasteiger partial charge in [0.1, 0.15) is 0 Å². The zero-order valence-corrected chi connectivity index (χ0v) is 12.5. The number of carboxylic acid groups (broad SMARTS) is 1. The Balaban J connectivity index is 1.50. The van der Waals surface area contributed by atoms with Crippen LogP contribution < -0.4 is 0 Å². The average molecular weight is 286 g/mol. The van der Waals surface area contributed by atoms with Gasteiger partial charge in [-0.25, -0.2) is 0 Å². The Bertz CT molecular complexity index is 279. The molecule has 1 saturated heterocycles. The molecule has 1 N–H and O–H groups in total. The van der Waals surface area contributed by atoms with Gasteiger partial charge in [0.2, 0.25) is 0 Å². The maximum Gasteiger partial charge on any atom is 0.303 e. The van der Waals surface area contributed by atoms with Crippen molar-refractivity contribution >= 4 is 17.7 Å². The third-order valence-corrected chi connectivity index (χ3v) is 5.44. The fourth-order valence-corrected chi connectivity index (χ4v) is 4.23. The van der Waals surface area contributed by atoms with Crippen LogP contribution in [-0.4, -0.2) is 35.3 Å². The monoisotopic (exact) mass is 286 g/mol. The van der Waals surface area contributed by atoms with E-state index in [1.165, 1.54) is 43.6 Å². The van der Waals surface area contributed by atoms with Crippen molar-refractivity contribution in [2.75, 3.05) is 18.1 Å². The molecule has 0 aromatic rings. The number of hydrogen-bond acceptors (Lipinski definition) is 3. The van der Waals surface area contributed by atoms with E-state index in [1.54, 1.807) is 0 Å². The first kappa shape index (κ1) is 15.2. The van der Waals surface area contributed by atoms with E-state index < -0.39 is 5.97 Å². The molecule has 0 amide bonds. The first-order valence-corrected chi connectivity index (χ1v) is 8.82. The molecule has 2 aliphatic rings. The van der Waals surface area contributed by atoms with Gasteiger partial charge in [-0.3, -0.25) is 4.79 Å². The van der Waals surface area contributed by atoms with Crippen LogP contribution in [0.25, 0.3) is 0 Å². The van der Waals surface area contributed by atoms with Crippen molar-refractivity contribution in [3.05, 3.63) is 0 Å². The third-order valence-electron chi connectivity index (χ3n) is 4.12. The van der Waals surface area contributed by atoms with Crippen LogP contribution in [0.3, 0.4) is 0 Å². The van der Waals surface area contributed by atoms with Gasteiger partial charge in [-0.2, -0.15) is 11.8 Å². The van der Waals surface area contributed by atoms with Crippen molar-refractivity contribution < 1.29 is 14.6 Å². The van der Waals surface area contributed by atoms with E-state index >= 15 is 0 Å². The lowest BCUT2D eigenvalue weighted by molar-refractivity contribution is -0.137.